The summed E-state index contributed by atoms with van der Waals surface area (Å²) in [6, 6.07) is 12.6. The van der Waals surface area contributed by atoms with Gasteiger partial charge in [-0.25, -0.2) is 0 Å². The van der Waals surface area contributed by atoms with Crippen LogP contribution in [0, 0.1) is 0 Å². The number of likely N-dealkylation sites (N-methyl/N-ethyl adjacent to an activating group) is 1. The molecular weight excluding hydrogens is 562 g/mol. The highest BCUT2D eigenvalue weighted by molar-refractivity contribution is 5.97. The summed E-state index contributed by atoms with van der Waals surface area (Å²) in [5, 5.41) is 26.5. The first-order valence-electron chi connectivity index (χ1n) is 15.5. The van der Waals surface area contributed by atoms with Crippen molar-refractivity contribution in [1.82, 2.24) is 16.0 Å². The quantitative estimate of drug-likeness (QED) is 0.166. The third kappa shape index (κ3) is 17.1. The predicted molar refractivity (Wildman–Crippen MR) is 174 cm³/mol. The molecule has 3 amide bonds. The van der Waals surface area contributed by atoms with E-state index < -0.39 is 6.04 Å². The van der Waals surface area contributed by atoms with Gasteiger partial charge >= 0.3 is 0 Å². The largest absolute Gasteiger partial charge is 0.392 e. The Kier molecular flexibility index (Phi) is 22.3. The van der Waals surface area contributed by atoms with Crippen LogP contribution < -0.4 is 16.0 Å². The molecule has 1 unspecified atom stereocenters. The smallest absolute Gasteiger partial charge is 0.251 e. The van der Waals surface area contributed by atoms with E-state index in [0.717, 1.165) is 25.2 Å². The molecule has 248 valence electrons. The highest BCUT2D eigenvalue weighted by Crippen LogP contribution is 2.12. The molecule has 2 rings (SSSR count). The summed E-state index contributed by atoms with van der Waals surface area (Å²) in [5.74, 6) is -0.805. The number of benzene rings is 2. The SMILES string of the molecule is CC.CCNC(=O)C(CCCCNC(=O)c1ccc(CO)cc1)NC(=O)c1ccc(CO)cc1.CCOCCC(C)(C)OC. The van der Waals surface area contributed by atoms with Crippen LogP contribution in [0.25, 0.3) is 0 Å². The van der Waals surface area contributed by atoms with Crippen LogP contribution >= 0.6 is 0 Å². The monoisotopic (exact) mass is 617 g/mol. The Labute approximate surface area is 263 Å². The normalized spacial score (nSPS) is 11.2. The van der Waals surface area contributed by atoms with Crippen LogP contribution in [0.15, 0.2) is 48.5 Å². The number of methoxy groups -OCH3 is 1. The minimum Gasteiger partial charge on any atom is -0.392 e. The van der Waals surface area contributed by atoms with E-state index in [9.17, 15) is 14.4 Å². The van der Waals surface area contributed by atoms with Crippen molar-refractivity contribution in [3.8, 4) is 0 Å². The first-order chi connectivity index (χ1) is 21.1. The van der Waals surface area contributed by atoms with Gasteiger partial charge in [-0.05, 0) is 88.8 Å². The molecule has 5 N–H and O–H groups in total. The molecule has 2 aromatic rings. The van der Waals surface area contributed by atoms with Gasteiger partial charge in [0, 0.05) is 44.5 Å². The van der Waals surface area contributed by atoms with Crippen LogP contribution in [0.1, 0.15) is 99.1 Å². The van der Waals surface area contributed by atoms with Crippen molar-refractivity contribution in [2.24, 2.45) is 0 Å². The van der Waals surface area contributed by atoms with Crippen LogP contribution in [0.3, 0.4) is 0 Å². The fourth-order valence-corrected chi connectivity index (χ4v) is 3.67. The number of ether oxygens (including phenoxy) is 2. The Morgan fingerprint density at radius 2 is 1.34 bits per heavy atom. The summed E-state index contributed by atoms with van der Waals surface area (Å²) in [6.45, 7) is 14.2. The lowest BCUT2D eigenvalue weighted by Crippen LogP contribution is -2.46. The van der Waals surface area contributed by atoms with E-state index in [1.807, 2.05) is 27.7 Å². The summed E-state index contributed by atoms with van der Waals surface area (Å²) in [5.41, 5.74) is 2.34. The lowest BCUT2D eigenvalue weighted by Gasteiger charge is -2.22. The summed E-state index contributed by atoms with van der Waals surface area (Å²) >= 11 is 0. The van der Waals surface area contributed by atoms with E-state index in [4.69, 9.17) is 19.7 Å². The van der Waals surface area contributed by atoms with Gasteiger partial charge in [0.15, 0.2) is 0 Å². The number of unbranched alkanes of at least 4 members (excludes halogenated alkanes) is 1. The zero-order valence-corrected chi connectivity index (χ0v) is 27.7. The Morgan fingerprint density at radius 3 is 1.80 bits per heavy atom. The molecule has 0 spiro atoms. The molecule has 10 heteroatoms. The maximum absolute atomic E-state index is 12.5. The van der Waals surface area contributed by atoms with E-state index in [-0.39, 0.29) is 36.5 Å². The molecule has 0 fully saturated rings. The predicted octanol–water partition coefficient (Wildman–Crippen LogP) is 4.37. The maximum Gasteiger partial charge on any atom is 0.251 e. The molecule has 0 saturated heterocycles. The summed E-state index contributed by atoms with van der Waals surface area (Å²) in [6.07, 6.45) is 2.68. The molecule has 0 saturated carbocycles. The first kappa shape index (κ1) is 40.7. The average molecular weight is 618 g/mol. The van der Waals surface area contributed by atoms with Gasteiger partial charge in [-0.15, -0.1) is 0 Å². The van der Waals surface area contributed by atoms with Crippen LogP contribution in [-0.2, 0) is 27.5 Å². The molecular formula is C34H55N3O7. The van der Waals surface area contributed by atoms with Crippen molar-refractivity contribution in [2.75, 3.05) is 33.4 Å². The number of nitrogens with one attached hydrogen (secondary N) is 3. The number of hydrogen-bond donors (Lipinski definition) is 5. The van der Waals surface area contributed by atoms with Gasteiger partial charge in [0.2, 0.25) is 5.91 Å². The van der Waals surface area contributed by atoms with Crippen molar-refractivity contribution in [3.05, 3.63) is 70.8 Å². The van der Waals surface area contributed by atoms with Crippen molar-refractivity contribution >= 4 is 17.7 Å². The molecule has 0 aliphatic rings. The number of aliphatic hydroxyl groups excluding tert-OH is 2. The second-order valence-corrected chi connectivity index (χ2v) is 10.3. The number of carbonyl (C=O) groups is 3. The van der Waals surface area contributed by atoms with Crippen LogP contribution in [0.2, 0.25) is 0 Å². The second kappa shape index (κ2) is 24.1. The summed E-state index contributed by atoms with van der Waals surface area (Å²) in [7, 11) is 1.73. The van der Waals surface area contributed by atoms with E-state index >= 15 is 0 Å². The molecule has 1 atom stereocenters. The Hall–Kier alpha value is -3.31. The molecule has 44 heavy (non-hydrogen) atoms. The standard InChI is InChI=1S/C24H31N3O5.C8H18O2.C2H6/c1-2-25-24(32)21(27-23(31)20-12-8-18(16-29)9-13-20)5-3-4-14-26-22(30)19-10-6-17(15-28)7-11-19;1-5-10-7-6-8(2,3)9-4;1-2/h6-13,21,28-29H,2-5,14-16H2,1H3,(H,25,32)(H,26,30)(H,27,31);5-7H2,1-4H3;1-2H3. The third-order valence-electron chi connectivity index (χ3n) is 6.58. The molecule has 0 heterocycles. The Morgan fingerprint density at radius 1 is 0.818 bits per heavy atom. The lowest BCUT2D eigenvalue weighted by molar-refractivity contribution is -0.123. The van der Waals surface area contributed by atoms with Gasteiger partial charge in [-0.1, -0.05) is 38.1 Å². The molecule has 0 aliphatic carbocycles. The number of aliphatic hydroxyl groups is 2. The third-order valence-corrected chi connectivity index (χ3v) is 6.58. The van der Waals surface area contributed by atoms with E-state index in [0.29, 0.717) is 49.0 Å². The highest BCUT2D eigenvalue weighted by atomic mass is 16.5. The summed E-state index contributed by atoms with van der Waals surface area (Å²) in [4.78, 5) is 37.1. The van der Waals surface area contributed by atoms with Crippen molar-refractivity contribution < 1.29 is 34.1 Å². The number of rotatable bonds is 17. The van der Waals surface area contributed by atoms with E-state index in [1.54, 1.807) is 55.6 Å². The fraction of sp³-hybridized carbons (Fsp3) is 0.559. The van der Waals surface area contributed by atoms with Gasteiger partial charge in [-0.2, -0.15) is 0 Å². The van der Waals surface area contributed by atoms with E-state index in [2.05, 4.69) is 29.8 Å². The molecule has 0 aromatic heterocycles. The van der Waals surface area contributed by atoms with Gasteiger partial charge in [0.25, 0.3) is 11.8 Å². The molecule has 2 aromatic carbocycles. The van der Waals surface area contributed by atoms with Gasteiger partial charge in [0.1, 0.15) is 6.04 Å². The summed E-state index contributed by atoms with van der Waals surface area (Å²) < 4.78 is 10.4. The van der Waals surface area contributed by atoms with Gasteiger partial charge < -0.3 is 35.6 Å². The maximum atomic E-state index is 12.5. The van der Waals surface area contributed by atoms with Gasteiger partial charge in [-0.3, -0.25) is 14.4 Å². The zero-order valence-electron chi connectivity index (χ0n) is 27.7. The highest BCUT2D eigenvalue weighted by Gasteiger charge is 2.20. The topological polar surface area (TPSA) is 146 Å². The first-order valence-corrected chi connectivity index (χ1v) is 15.5. The number of carbonyl (C=O) groups excluding carboxylic acids is 3. The Balaban J connectivity index is 0.00000131. The average Bonchev–Trinajstić information content (AvgIpc) is 3.05. The molecule has 0 radical (unpaired) electrons. The lowest BCUT2D eigenvalue weighted by atomic mass is 10.1. The van der Waals surface area contributed by atoms with Crippen molar-refractivity contribution in [2.45, 2.75) is 92.1 Å². The van der Waals surface area contributed by atoms with Crippen LogP contribution in [0.5, 0.6) is 0 Å². The number of amides is 3. The van der Waals surface area contributed by atoms with Crippen molar-refractivity contribution in [1.29, 1.82) is 0 Å². The minimum absolute atomic E-state index is 0.0326. The zero-order chi connectivity index (χ0) is 33.4. The van der Waals surface area contributed by atoms with Crippen LogP contribution in [-0.4, -0.2) is 73.0 Å². The molecule has 0 aliphatic heterocycles. The molecule has 10 nitrogen and oxygen atoms in total. The van der Waals surface area contributed by atoms with E-state index in [1.165, 1.54) is 0 Å². The van der Waals surface area contributed by atoms with Crippen LogP contribution in [0.4, 0.5) is 0 Å². The fourth-order valence-electron chi connectivity index (χ4n) is 3.67. The van der Waals surface area contributed by atoms with Crippen molar-refractivity contribution in [3.63, 3.8) is 0 Å². The Bertz CT molecular complexity index is 1060. The minimum atomic E-state index is -0.679. The van der Waals surface area contributed by atoms with Gasteiger partial charge in [0.05, 0.1) is 18.8 Å². The molecule has 0 bridgehead atoms. The second-order valence-electron chi connectivity index (χ2n) is 10.3. The number of hydrogen-bond acceptors (Lipinski definition) is 7.